The quantitative estimate of drug-likeness (QED) is 0.898. The highest BCUT2D eigenvalue weighted by Gasteiger charge is 2.27. The van der Waals surface area contributed by atoms with Gasteiger partial charge >= 0.3 is 0 Å². The highest BCUT2D eigenvalue weighted by molar-refractivity contribution is 5.18. The van der Waals surface area contributed by atoms with Crippen LogP contribution in [0.15, 0.2) is 18.2 Å². The summed E-state index contributed by atoms with van der Waals surface area (Å²) in [6, 6.07) is 4.07. The summed E-state index contributed by atoms with van der Waals surface area (Å²) in [6.07, 6.45) is 2.28. The molecule has 1 aliphatic rings. The minimum absolute atomic E-state index is 0.295. The van der Waals surface area contributed by atoms with E-state index in [0.29, 0.717) is 30.6 Å². The summed E-state index contributed by atoms with van der Waals surface area (Å²) in [7, 11) is 0. The van der Waals surface area contributed by atoms with Crippen molar-refractivity contribution in [3.63, 3.8) is 0 Å². The monoisotopic (exact) mass is 254 g/mol. The molecule has 2 N–H and O–H groups in total. The zero-order valence-electron chi connectivity index (χ0n) is 10.7. The first-order chi connectivity index (χ1) is 8.61. The van der Waals surface area contributed by atoms with Crippen LogP contribution in [-0.2, 0) is 6.54 Å². The van der Waals surface area contributed by atoms with Crippen molar-refractivity contribution >= 4 is 0 Å². The molecule has 1 aliphatic heterocycles. The lowest BCUT2D eigenvalue weighted by Crippen LogP contribution is -2.48. The lowest BCUT2D eigenvalue weighted by Gasteiger charge is -2.39. The van der Waals surface area contributed by atoms with Crippen molar-refractivity contribution in [2.45, 2.75) is 32.4 Å². The lowest BCUT2D eigenvalue weighted by atomic mass is 9.90. The van der Waals surface area contributed by atoms with Gasteiger partial charge < -0.3 is 5.73 Å². The van der Waals surface area contributed by atoms with Gasteiger partial charge in [0.25, 0.3) is 0 Å². The first-order valence-corrected chi connectivity index (χ1v) is 6.50. The molecule has 0 spiro atoms. The van der Waals surface area contributed by atoms with Crippen LogP contribution < -0.4 is 5.73 Å². The van der Waals surface area contributed by atoms with Crippen molar-refractivity contribution in [3.8, 4) is 0 Å². The molecule has 18 heavy (non-hydrogen) atoms. The Bertz CT molecular complexity index is 409. The summed E-state index contributed by atoms with van der Waals surface area (Å²) in [5.74, 6) is -0.463. The van der Waals surface area contributed by atoms with Gasteiger partial charge in [0.1, 0.15) is 11.6 Å². The molecular weight excluding hydrogens is 234 g/mol. The topological polar surface area (TPSA) is 29.3 Å². The molecule has 1 heterocycles. The molecule has 100 valence electrons. The summed E-state index contributed by atoms with van der Waals surface area (Å²) < 4.78 is 26.5. The van der Waals surface area contributed by atoms with Gasteiger partial charge in [0.2, 0.25) is 0 Å². The third kappa shape index (κ3) is 2.87. The number of likely N-dealkylation sites (tertiary alicyclic amines) is 1. The van der Waals surface area contributed by atoms with E-state index in [2.05, 4.69) is 11.8 Å². The van der Waals surface area contributed by atoms with Crippen LogP contribution in [0.5, 0.6) is 0 Å². The number of nitrogens with two attached hydrogens (primary N) is 1. The number of rotatable bonds is 3. The van der Waals surface area contributed by atoms with Gasteiger partial charge in [0.15, 0.2) is 0 Å². The molecule has 0 aromatic heterocycles. The summed E-state index contributed by atoms with van der Waals surface area (Å²) >= 11 is 0. The molecule has 0 saturated carbocycles. The van der Waals surface area contributed by atoms with Crippen LogP contribution in [0.25, 0.3) is 0 Å². The Kier molecular flexibility index (Phi) is 4.30. The van der Waals surface area contributed by atoms with E-state index in [4.69, 9.17) is 5.73 Å². The summed E-state index contributed by atoms with van der Waals surface area (Å²) in [5.41, 5.74) is 6.35. The lowest BCUT2D eigenvalue weighted by molar-refractivity contribution is 0.0978. The van der Waals surface area contributed by atoms with Crippen molar-refractivity contribution < 1.29 is 8.78 Å². The Morgan fingerprint density at radius 1 is 1.39 bits per heavy atom. The van der Waals surface area contributed by atoms with Crippen LogP contribution in [0, 0.1) is 17.6 Å². The summed E-state index contributed by atoms with van der Waals surface area (Å²) in [6.45, 7) is 4.22. The van der Waals surface area contributed by atoms with Crippen molar-refractivity contribution in [2.75, 3.05) is 13.1 Å². The van der Waals surface area contributed by atoms with Gasteiger partial charge in [-0.1, -0.05) is 13.0 Å². The van der Waals surface area contributed by atoms with E-state index in [1.807, 2.05) is 0 Å². The fourth-order valence-electron chi connectivity index (χ4n) is 2.78. The van der Waals surface area contributed by atoms with Crippen LogP contribution in [0.1, 0.15) is 25.3 Å². The van der Waals surface area contributed by atoms with Crippen LogP contribution in [0.2, 0.25) is 0 Å². The number of hydrogen-bond acceptors (Lipinski definition) is 2. The highest BCUT2D eigenvalue weighted by atomic mass is 19.1. The second-order valence-corrected chi connectivity index (χ2v) is 5.13. The standard InChI is InChI=1S/C14H20F2N2/c1-10-3-2-6-18(14(10)8-17)9-11-4-5-12(15)7-13(11)16/h4-5,7,10,14H,2-3,6,8-9,17H2,1H3. The number of nitrogens with zero attached hydrogens (tertiary/aromatic N) is 1. The van der Waals surface area contributed by atoms with Crippen molar-refractivity contribution in [1.82, 2.24) is 4.90 Å². The van der Waals surface area contributed by atoms with E-state index in [-0.39, 0.29) is 0 Å². The zero-order chi connectivity index (χ0) is 13.1. The van der Waals surface area contributed by atoms with Crippen molar-refractivity contribution in [3.05, 3.63) is 35.4 Å². The van der Waals surface area contributed by atoms with E-state index in [9.17, 15) is 8.78 Å². The zero-order valence-corrected chi connectivity index (χ0v) is 10.7. The SMILES string of the molecule is CC1CCCN(Cc2ccc(F)cc2F)C1CN. The molecule has 2 nitrogen and oxygen atoms in total. The first-order valence-electron chi connectivity index (χ1n) is 6.50. The normalized spacial score (nSPS) is 25.3. The molecule has 1 saturated heterocycles. The van der Waals surface area contributed by atoms with E-state index in [1.54, 1.807) is 0 Å². The van der Waals surface area contributed by atoms with Crippen LogP contribution in [0.3, 0.4) is 0 Å². The van der Waals surface area contributed by atoms with E-state index in [1.165, 1.54) is 18.6 Å². The molecule has 0 bridgehead atoms. The third-order valence-corrected chi connectivity index (χ3v) is 3.86. The van der Waals surface area contributed by atoms with Gasteiger partial charge in [-0.05, 0) is 31.4 Å². The number of piperidine rings is 1. The molecule has 2 rings (SSSR count). The third-order valence-electron chi connectivity index (χ3n) is 3.86. The molecule has 2 unspecified atom stereocenters. The van der Waals surface area contributed by atoms with Gasteiger partial charge in [0, 0.05) is 30.8 Å². The fraction of sp³-hybridized carbons (Fsp3) is 0.571. The Labute approximate surface area is 107 Å². The molecule has 1 aromatic rings. The van der Waals surface area contributed by atoms with E-state index < -0.39 is 11.6 Å². The Morgan fingerprint density at radius 2 is 2.17 bits per heavy atom. The van der Waals surface area contributed by atoms with Crippen molar-refractivity contribution in [2.24, 2.45) is 11.7 Å². The second kappa shape index (κ2) is 5.76. The molecule has 0 aliphatic carbocycles. The van der Waals surface area contributed by atoms with Crippen molar-refractivity contribution in [1.29, 1.82) is 0 Å². The predicted octanol–water partition coefficient (Wildman–Crippen LogP) is 2.52. The maximum absolute atomic E-state index is 13.6. The Balaban J connectivity index is 2.11. The molecular formula is C14H20F2N2. The molecule has 4 heteroatoms. The van der Waals surface area contributed by atoms with E-state index in [0.717, 1.165) is 19.0 Å². The molecule has 1 aromatic carbocycles. The number of hydrogen-bond donors (Lipinski definition) is 1. The van der Waals surface area contributed by atoms with Gasteiger partial charge in [-0.25, -0.2) is 8.78 Å². The largest absolute Gasteiger partial charge is 0.329 e. The average molecular weight is 254 g/mol. The fourth-order valence-corrected chi connectivity index (χ4v) is 2.78. The molecule has 2 atom stereocenters. The Hall–Kier alpha value is -1.00. The molecule has 0 radical (unpaired) electrons. The Morgan fingerprint density at radius 3 is 2.83 bits per heavy atom. The van der Waals surface area contributed by atoms with Gasteiger partial charge in [-0.3, -0.25) is 4.90 Å². The molecule has 0 amide bonds. The maximum atomic E-state index is 13.6. The molecule has 1 fully saturated rings. The summed E-state index contributed by atoms with van der Waals surface area (Å²) in [4.78, 5) is 2.21. The van der Waals surface area contributed by atoms with Crippen LogP contribution in [0.4, 0.5) is 8.78 Å². The maximum Gasteiger partial charge on any atom is 0.130 e. The minimum atomic E-state index is -0.529. The van der Waals surface area contributed by atoms with Gasteiger partial charge in [-0.15, -0.1) is 0 Å². The highest BCUT2D eigenvalue weighted by Crippen LogP contribution is 2.25. The van der Waals surface area contributed by atoms with Gasteiger partial charge in [-0.2, -0.15) is 0 Å². The number of halogens is 2. The predicted molar refractivity (Wildman–Crippen MR) is 68.0 cm³/mol. The smallest absolute Gasteiger partial charge is 0.130 e. The van der Waals surface area contributed by atoms with Crippen LogP contribution in [-0.4, -0.2) is 24.0 Å². The average Bonchev–Trinajstić information content (AvgIpc) is 2.33. The van der Waals surface area contributed by atoms with Crippen LogP contribution >= 0.6 is 0 Å². The number of benzene rings is 1. The van der Waals surface area contributed by atoms with Gasteiger partial charge in [0.05, 0.1) is 0 Å². The minimum Gasteiger partial charge on any atom is -0.329 e. The second-order valence-electron chi connectivity index (χ2n) is 5.13. The first kappa shape index (κ1) is 13.4. The summed E-state index contributed by atoms with van der Waals surface area (Å²) in [5, 5.41) is 0. The van der Waals surface area contributed by atoms with E-state index >= 15 is 0 Å².